The van der Waals surface area contributed by atoms with Crippen LogP contribution in [0.4, 0.5) is 5.69 Å². The SMILES string of the molecule is O=C(CCCCCCC(=O)Nc1ccccc1Oc1ccccc1)NO. The maximum absolute atomic E-state index is 12.1. The van der Waals surface area contributed by atoms with Gasteiger partial charge in [-0.05, 0) is 37.1 Å². The van der Waals surface area contributed by atoms with Crippen LogP contribution in [0.15, 0.2) is 54.6 Å². The first-order chi connectivity index (χ1) is 12.7. The van der Waals surface area contributed by atoms with E-state index >= 15 is 0 Å². The number of hydroxylamine groups is 1. The van der Waals surface area contributed by atoms with Crippen LogP contribution < -0.4 is 15.5 Å². The first kappa shape index (κ1) is 19.5. The second-order valence-corrected chi connectivity index (χ2v) is 5.91. The minimum Gasteiger partial charge on any atom is -0.455 e. The first-order valence-corrected chi connectivity index (χ1v) is 8.74. The molecule has 0 aliphatic carbocycles. The predicted molar refractivity (Wildman–Crippen MR) is 99.2 cm³/mol. The molecule has 2 amide bonds. The smallest absolute Gasteiger partial charge is 0.243 e. The van der Waals surface area contributed by atoms with Crippen molar-refractivity contribution in [1.82, 2.24) is 5.48 Å². The zero-order valence-electron chi connectivity index (χ0n) is 14.6. The minimum atomic E-state index is -0.377. The lowest BCUT2D eigenvalue weighted by molar-refractivity contribution is -0.129. The molecule has 138 valence electrons. The molecule has 0 aliphatic heterocycles. The molecule has 0 aromatic heterocycles. The van der Waals surface area contributed by atoms with Gasteiger partial charge < -0.3 is 10.1 Å². The van der Waals surface area contributed by atoms with E-state index in [0.717, 1.165) is 19.3 Å². The average molecular weight is 356 g/mol. The van der Waals surface area contributed by atoms with E-state index in [2.05, 4.69) is 5.32 Å². The van der Waals surface area contributed by atoms with Gasteiger partial charge in [0.05, 0.1) is 5.69 Å². The van der Waals surface area contributed by atoms with Gasteiger partial charge in [0.15, 0.2) is 5.75 Å². The minimum absolute atomic E-state index is 0.0674. The van der Waals surface area contributed by atoms with Crippen molar-refractivity contribution in [3.05, 3.63) is 54.6 Å². The molecule has 3 N–H and O–H groups in total. The number of hydrogen-bond donors (Lipinski definition) is 3. The molecule has 0 radical (unpaired) electrons. The quantitative estimate of drug-likeness (QED) is 0.337. The van der Waals surface area contributed by atoms with Crippen LogP contribution in [0.2, 0.25) is 0 Å². The number of nitrogens with one attached hydrogen (secondary N) is 2. The van der Waals surface area contributed by atoms with Crippen molar-refractivity contribution < 1.29 is 19.5 Å². The highest BCUT2D eigenvalue weighted by Crippen LogP contribution is 2.29. The van der Waals surface area contributed by atoms with Crippen molar-refractivity contribution in [3.8, 4) is 11.5 Å². The lowest BCUT2D eigenvalue weighted by atomic mass is 10.1. The number of hydrogen-bond acceptors (Lipinski definition) is 4. The summed E-state index contributed by atoms with van der Waals surface area (Å²) in [4.78, 5) is 23.0. The van der Waals surface area contributed by atoms with E-state index in [1.165, 1.54) is 0 Å². The Balaban J connectivity index is 1.76. The highest BCUT2D eigenvalue weighted by Gasteiger charge is 2.08. The lowest BCUT2D eigenvalue weighted by Crippen LogP contribution is -2.17. The summed E-state index contributed by atoms with van der Waals surface area (Å²) in [5, 5.41) is 11.3. The molecule has 0 aliphatic rings. The van der Waals surface area contributed by atoms with Crippen LogP contribution >= 0.6 is 0 Å². The molecule has 2 rings (SSSR count). The van der Waals surface area contributed by atoms with E-state index < -0.39 is 0 Å². The number of ether oxygens (including phenoxy) is 1. The van der Waals surface area contributed by atoms with Crippen molar-refractivity contribution in [2.24, 2.45) is 0 Å². The summed E-state index contributed by atoms with van der Waals surface area (Å²) >= 11 is 0. The molecule has 0 fully saturated rings. The largest absolute Gasteiger partial charge is 0.455 e. The fourth-order valence-electron chi connectivity index (χ4n) is 2.47. The monoisotopic (exact) mass is 356 g/mol. The van der Waals surface area contributed by atoms with Crippen LogP contribution in [0, 0.1) is 0 Å². The summed E-state index contributed by atoms with van der Waals surface area (Å²) in [7, 11) is 0. The highest BCUT2D eigenvalue weighted by atomic mass is 16.5. The molecular weight excluding hydrogens is 332 g/mol. The first-order valence-electron chi connectivity index (χ1n) is 8.74. The maximum atomic E-state index is 12.1. The molecule has 0 saturated heterocycles. The number of amides is 2. The van der Waals surface area contributed by atoms with Crippen molar-refractivity contribution >= 4 is 17.5 Å². The Morgan fingerprint density at radius 3 is 2.12 bits per heavy atom. The summed E-state index contributed by atoms with van der Waals surface area (Å²) in [6, 6.07) is 16.7. The number of benzene rings is 2. The number of rotatable bonds is 10. The Hall–Kier alpha value is -2.86. The average Bonchev–Trinajstić information content (AvgIpc) is 2.66. The molecule has 0 bridgehead atoms. The maximum Gasteiger partial charge on any atom is 0.243 e. The third-order valence-electron chi connectivity index (χ3n) is 3.81. The Labute approximate surface area is 153 Å². The van der Waals surface area contributed by atoms with Crippen LogP contribution in [-0.2, 0) is 9.59 Å². The van der Waals surface area contributed by atoms with Gasteiger partial charge in [0.25, 0.3) is 0 Å². The Bertz CT molecular complexity index is 704. The zero-order chi connectivity index (χ0) is 18.6. The molecule has 0 unspecified atom stereocenters. The van der Waals surface area contributed by atoms with Gasteiger partial charge in [-0.2, -0.15) is 0 Å². The molecule has 6 nitrogen and oxygen atoms in total. The van der Waals surface area contributed by atoms with Crippen molar-refractivity contribution in [3.63, 3.8) is 0 Å². The van der Waals surface area contributed by atoms with E-state index in [9.17, 15) is 9.59 Å². The second kappa shape index (κ2) is 10.9. The fourth-order valence-corrected chi connectivity index (χ4v) is 2.47. The number of carbonyl (C=O) groups excluding carboxylic acids is 2. The molecule has 0 atom stereocenters. The van der Waals surface area contributed by atoms with E-state index in [1.54, 1.807) is 5.48 Å². The van der Waals surface area contributed by atoms with Gasteiger partial charge in [-0.1, -0.05) is 43.2 Å². The topological polar surface area (TPSA) is 87.7 Å². The summed E-state index contributed by atoms with van der Waals surface area (Å²) in [5.74, 6) is 0.864. The van der Waals surface area contributed by atoms with Gasteiger partial charge in [0, 0.05) is 12.8 Å². The number of unbranched alkanes of at least 4 members (excludes halogenated alkanes) is 3. The molecule has 26 heavy (non-hydrogen) atoms. The normalized spacial score (nSPS) is 10.2. The fraction of sp³-hybridized carbons (Fsp3) is 0.300. The standard InChI is InChI=1S/C20H24N2O4/c23-19(14-6-1-2-7-15-20(24)22-25)21-17-12-8-9-13-18(17)26-16-10-4-3-5-11-16/h3-5,8-13,25H,1-2,6-7,14-15H2,(H,21,23)(H,22,24). The van der Waals surface area contributed by atoms with Crippen molar-refractivity contribution in [1.29, 1.82) is 0 Å². The molecule has 6 heteroatoms. The van der Waals surface area contributed by atoms with Crippen LogP contribution in [0.3, 0.4) is 0 Å². The summed E-state index contributed by atoms with van der Waals surface area (Å²) in [6.45, 7) is 0. The van der Waals surface area contributed by atoms with E-state index in [-0.39, 0.29) is 11.8 Å². The molecule has 2 aromatic rings. The van der Waals surface area contributed by atoms with E-state index in [4.69, 9.17) is 9.94 Å². The van der Waals surface area contributed by atoms with Crippen molar-refractivity contribution in [2.45, 2.75) is 38.5 Å². The van der Waals surface area contributed by atoms with Gasteiger partial charge >= 0.3 is 0 Å². The lowest BCUT2D eigenvalue weighted by Gasteiger charge is -2.12. The van der Waals surface area contributed by atoms with Crippen LogP contribution in [0.25, 0.3) is 0 Å². The van der Waals surface area contributed by atoms with Crippen LogP contribution in [-0.4, -0.2) is 17.0 Å². The predicted octanol–water partition coefficient (Wildman–Crippen LogP) is 4.26. The van der Waals surface area contributed by atoms with Crippen molar-refractivity contribution in [2.75, 3.05) is 5.32 Å². The van der Waals surface area contributed by atoms with Gasteiger partial charge in [-0.3, -0.25) is 14.8 Å². The van der Waals surface area contributed by atoms with Crippen LogP contribution in [0.1, 0.15) is 38.5 Å². The number of anilines is 1. The molecular formula is C20H24N2O4. The molecule has 2 aromatic carbocycles. The van der Waals surface area contributed by atoms with E-state index in [0.29, 0.717) is 36.4 Å². The Morgan fingerprint density at radius 2 is 1.42 bits per heavy atom. The van der Waals surface area contributed by atoms with Gasteiger partial charge in [-0.15, -0.1) is 0 Å². The van der Waals surface area contributed by atoms with Gasteiger partial charge in [-0.25, -0.2) is 5.48 Å². The molecule has 0 saturated carbocycles. The summed E-state index contributed by atoms with van der Waals surface area (Å²) in [6.07, 6.45) is 3.84. The molecule has 0 spiro atoms. The van der Waals surface area contributed by atoms with Gasteiger partial charge in [0.2, 0.25) is 11.8 Å². The van der Waals surface area contributed by atoms with Gasteiger partial charge in [0.1, 0.15) is 5.75 Å². The number of para-hydroxylation sites is 3. The Kier molecular flexibility index (Phi) is 8.15. The third kappa shape index (κ3) is 6.94. The summed E-state index contributed by atoms with van der Waals surface area (Å²) in [5.41, 5.74) is 2.25. The zero-order valence-corrected chi connectivity index (χ0v) is 14.6. The third-order valence-corrected chi connectivity index (χ3v) is 3.81. The molecule has 0 heterocycles. The van der Waals surface area contributed by atoms with Crippen LogP contribution in [0.5, 0.6) is 11.5 Å². The second-order valence-electron chi connectivity index (χ2n) is 5.91. The highest BCUT2D eigenvalue weighted by molar-refractivity contribution is 5.92. The Morgan fingerprint density at radius 1 is 0.808 bits per heavy atom. The number of carbonyl (C=O) groups is 2. The van der Waals surface area contributed by atoms with E-state index in [1.807, 2.05) is 54.6 Å². The summed E-state index contributed by atoms with van der Waals surface area (Å²) < 4.78 is 5.83.